The first kappa shape index (κ1) is 75.7. The van der Waals surface area contributed by atoms with E-state index in [9.17, 15) is 52.8 Å². The van der Waals surface area contributed by atoms with Gasteiger partial charge in [0.2, 0.25) is 0 Å². The van der Waals surface area contributed by atoms with Crippen LogP contribution in [0.15, 0.2) is 250 Å². The number of aryl methyl sites for hydroxylation is 3. The van der Waals surface area contributed by atoms with Crippen LogP contribution in [-0.2, 0) is 48.8 Å². The number of carbonyl (C=O) groups is 3. The Morgan fingerprint density at radius 2 is 0.796 bits per heavy atom. The molecule has 6 aliphatic carbocycles. The van der Waals surface area contributed by atoms with Crippen molar-refractivity contribution in [1.82, 2.24) is 48.7 Å². The lowest BCUT2D eigenvalue weighted by atomic mass is 9.61. The lowest BCUT2D eigenvalue weighted by Crippen LogP contribution is -2.45. The van der Waals surface area contributed by atoms with Crippen LogP contribution < -0.4 is 0 Å². The summed E-state index contributed by atoms with van der Waals surface area (Å²) in [6.07, 6.45) is 21.4. The van der Waals surface area contributed by atoms with Crippen LogP contribution in [0.3, 0.4) is 0 Å². The summed E-state index contributed by atoms with van der Waals surface area (Å²) in [6, 6.07) is 47.6. The number of allylic oxidation sites excluding steroid dienone is 3. The number of hydrogen-bond acceptors (Lipinski definition) is 17. The van der Waals surface area contributed by atoms with Gasteiger partial charge in [0.05, 0.1) is 94.5 Å². The molecule has 6 atom stereocenters. The fourth-order valence-corrected chi connectivity index (χ4v) is 23.7. The number of hydrogen-bond donors (Lipinski definition) is 0. The molecule has 7 aromatic heterocycles. The maximum Gasteiger partial charge on any atom is 0.192 e. The van der Waals surface area contributed by atoms with Crippen molar-refractivity contribution < 1.29 is 52.8 Å². The number of carbonyl (C=O) groups excluding carboxylic acids is 3. The molecule has 5 aromatic carbocycles. The number of halogens is 3. The quantitative estimate of drug-likeness (QED) is 0.0864. The van der Waals surface area contributed by atoms with Gasteiger partial charge in [-0.25, -0.2) is 52.5 Å². The van der Waals surface area contributed by atoms with Gasteiger partial charge < -0.3 is 0 Å². The molecule has 12 aromatic rings. The molecule has 0 spiro atoms. The molecular formula is C87H75F3N10O9S4. The zero-order chi connectivity index (χ0) is 78.8. The number of ketones is 3. The molecule has 26 heteroatoms. The standard InChI is InChI=1S/2C30H26FN3O3S.C27H23FN4O3S2/c1-20-5-4-6-25(15-20)38(36,37)26-13-8-22-16-28-21(19-33-34(28)24-11-9-23(31)10-12-24)17-30(22,18-26)29(35)27-7-2-3-14-32-27;1-20-5-12-25(13-6-20)38(36,37)26-14-7-22-16-28-21(19-33-34(28)24-10-8-23(31)9-11-24)17-30(22,18-26)29(35)27-4-2-3-15-32-27;1-17-8-10-29-23(12-17)26(33)27-14-18-16-30-32(21-5-3-20(28)4-6-21)24(18)13-19(27)2-7-22(15-27)37(34,35)25-9-11-31-36-25/h2-7,9-12,14-16,19,26H,8,13,17-18H2,1H3;2-6,8-13,15-16,19,26H,7,14,17-18H2,1H3;3-6,8-13,16,22H,2,7,14-15H2,1H3/t26-,30-;26-,30+;22-,27+/m011/s1. The summed E-state index contributed by atoms with van der Waals surface area (Å²) in [5.41, 5.74) is 10.4. The third kappa shape index (κ3) is 14.1. The third-order valence-corrected chi connectivity index (χ3v) is 30.8. The van der Waals surface area contributed by atoms with Gasteiger partial charge in [-0.2, -0.15) is 19.7 Å². The summed E-state index contributed by atoms with van der Waals surface area (Å²) in [5, 5.41) is 11.5. The highest BCUT2D eigenvalue weighted by Gasteiger charge is 2.56. The highest BCUT2D eigenvalue weighted by atomic mass is 32.2. The number of sulfone groups is 3. The van der Waals surface area contributed by atoms with E-state index in [4.69, 9.17) is 0 Å². The van der Waals surface area contributed by atoms with Gasteiger partial charge in [-0.3, -0.25) is 29.3 Å². The minimum Gasteiger partial charge on any atom is -0.291 e. The highest BCUT2D eigenvalue weighted by molar-refractivity contribution is 7.94. The summed E-state index contributed by atoms with van der Waals surface area (Å²) in [4.78, 5) is 56.1. The second-order valence-electron chi connectivity index (χ2n) is 29.9. The van der Waals surface area contributed by atoms with E-state index in [0.717, 1.165) is 78.7 Å². The summed E-state index contributed by atoms with van der Waals surface area (Å²) in [7, 11) is -11.0. The molecular weight excluding hydrogens is 1510 g/mol. The SMILES string of the molecule is Cc1ccc(S(=O)(=O)[C@@H]2CCC3=Cc4c(cnn4-c4ccc(F)cc4)C[C@]3(C(=O)c3ccccn3)C2)cc1.Cc1cccc(S(=O)(=O)[C@H]2CCC3=Cc4c(cnn4-c4ccc(F)cc4)C[C@]3(C(=O)c3ccccn3)C2)c1.Cc1ccnc(C(=O)[C@]23Cc4cnn(-c5ccc(F)cc5)c4C=C2CC[C@@H](S(=O)(=O)c2ccns2)C3)c1. The van der Waals surface area contributed by atoms with Crippen LogP contribution in [0.2, 0.25) is 0 Å². The lowest BCUT2D eigenvalue weighted by molar-refractivity contribution is 0.0790. The molecule has 18 rings (SSSR count). The number of rotatable bonds is 15. The Labute approximate surface area is 655 Å². The van der Waals surface area contributed by atoms with Gasteiger partial charge in [0.25, 0.3) is 0 Å². The molecule has 3 saturated carbocycles. The molecule has 19 nitrogen and oxygen atoms in total. The molecule has 0 amide bonds. The maximum absolute atomic E-state index is 14.2. The van der Waals surface area contributed by atoms with Crippen molar-refractivity contribution in [3.63, 3.8) is 0 Å². The molecule has 3 fully saturated rings. The molecule has 113 heavy (non-hydrogen) atoms. The fraction of sp³-hybridized carbons (Fsp3) is 0.241. The molecule has 0 unspecified atom stereocenters. The van der Waals surface area contributed by atoms with Gasteiger partial charge in [-0.05, 0) is 295 Å². The number of aromatic nitrogens is 10. The maximum atomic E-state index is 14.2. The smallest absolute Gasteiger partial charge is 0.192 e. The second-order valence-corrected chi connectivity index (χ2v) is 37.7. The van der Waals surface area contributed by atoms with Crippen molar-refractivity contribution in [3.8, 4) is 17.1 Å². The van der Waals surface area contributed by atoms with Crippen molar-refractivity contribution in [2.45, 2.75) is 128 Å². The van der Waals surface area contributed by atoms with E-state index in [2.05, 4.69) is 34.6 Å². The van der Waals surface area contributed by atoms with Crippen molar-refractivity contribution >= 4 is 76.6 Å². The fourth-order valence-electron chi connectivity index (χ4n) is 17.2. The number of pyridine rings is 3. The van der Waals surface area contributed by atoms with Crippen LogP contribution in [0.4, 0.5) is 13.2 Å². The van der Waals surface area contributed by atoms with Gasteiger partial charge >= 0.3 is 0 Å². The lowest BCUT2D eigenvalue weighted by Gasteiger charge is -2.43. The Morgan fingerprint density at radius 3 is 1.19 bits per heavy atom. The topological polar surface area (TPSA) is 259 Å². The monoisotopic (exact) mass is 1590 g/mol. The zero-order valence-electron chi connectivity index (χ0n) is 61.6. The van der Waals surface area contributed by atoms with E-state index >= 15 is 0 Å². The van der Waals surface area contributed by atoms with Crippen molar-refractivity contribution in [3.05, 3.63) is 321 Å². The van der Waals surface area contributed by atoms with Crippen LogP contribution in [0, 0.1) is 54.5 Å². The van der Waals surface area contributed by atoms with Crippen molar-refractivity contribution in [1.29, 1.82) is 0 Å². The Kier molecular flexibility index (Phi) is 20.1. The first-order chi connectivity index (χ1) is 54.3. The average Bonchev–Trinajstić information content (AvgIpc) is 1.72. The van der Waals surface area contributed by atoms with Gasteiger partial charge in [0, 0.05) is 24.8 Å². The molecule has 0 aliphatic heterocycles. The molecule has 7 heterocycles. The van der Waals surface area contributed by atoms with Crippen LogP contribution in [-0.4, -0.2) is 107 Å². The zero-order valence-corrected chi connectivity index (χ0v) is 64.9. The van der Waals surface area contributed by atoms with Gasteiger partial charge in [0.1, 0.15) is 38.7 Å². The first-order valence-corrected chi connectivity index (χ1v) is 42.5. The predicted molar refractivity (Wildman–Crippen MR) is 422 cm³/mol. The molecule has 6 aliphatic rings. The van der Waals surface area contributed by atoms with Gasteiger partial charge in [-0.15, -0.1) is 0 Å². The summed E-state index contributed by atoms with van der Waals surface area (Å²) >= 11 is 0.959. The number of nitrogens with zero attached hydrogens (tertiary/aromatic N) is 10. The predicted octanol–water partition coefficient (Wildman–Crippen LogP) is 16.1. The number of benzene rings is 5. The van der Waals surface area contributed by atoms with Crippen molar-refractivity contribution in [2.24, 2.45) is 16.2 Å². The Hall–Kier alpha value is -11.3. The highest BCUT2D eigenvalue weighted by Crippen LogP contribution is 2.56. The van der Waals surface area contributed by atoms with Crippen LogP contribution in [0.5, 0.6) is 0 Å². The average molecular weight is 1590 g/mol. The largest absolute Gasteiger partial charge is 0.291 e. The molecule has 0 radical (unpaired) electrons. The molecule has 572 valence electrons. The normalized spacial score (nSPS) is 20.9. The van der Waals surface area contributed by atoms with Crippen LogP contribution >= 0.6 is 11.5 Å². The summed E-state index contributed by atoms with van der Waals surface area (Å²) in [6.45, 7) is 5.69. The summed E-state index contributed by atoms with van der Waals surface area (Å²) in [5.74, 6) is -1.52. The molecule has 0 bridgehead atoms. The van der Waals surface area contributed by atoms with E-state index in [1.165, 1.54) is 48.7 Å². The van der Waals surface area contributed by atoms with Crippen molar-refractivity contribution in [2.75, 3.05) is 0 Å². The van der Waals surface area contributed by atoms with Crippen LogP contribution in [0.25, 0.3) is 35.3 Å². The van der Waals surface area contributed by atoms with E-state index in [-0.39, 0.29) is 68.1 Å². The van der Waals surface area contributed by atoms with Gasteiger partial charge in [0.15, 0.2) is 46.9 Å². The Balaban J connectivity index is 0.000000128. The van der Waals surface area contributed by atoms with E-state index in [0.29, 0.717) is 91.9 Å². The number of Topliss-reactive ketones (excluding diaryl/α,β-unsaturated/α-hetero) is 3. The van der Waals surface area contributed by atoms with Gasteiger partial charge in [-0.1, -0.05) is 58.7 Å². The molecule has 0 saturated heterocycles. The summed E-state index contributed by atoms with van der Waals surface area (Å²) < 4.78 is 132. The Morgan fingerprint density at radius 1 is 0.398 bits per heavy atom. The Bertz CT molecular complexity index is 6170. The van der Waals surface area contributed by atoms with E-state index < -0.39 is 61.5 Å². The van der Waals surface area contributed by atoms with Crippen LogP contribution in [0.1, 0.15) is 140 Å². The molecule has 0 N–H and O–H groups in total. The first-order valence-electron chi connectivity index (χ1n) is 37.1. The number of fused-ring (bicyclic) bond motifs is 6. The third-order valence-electron chi connectivity index (χ3n) is 23.0. The minimum atomic E-state index is -3.66. The van der Waals surface area contributed by atoms with E-state index in [1.54, 1.807) is 173 Å². The minimum absolute atomic E-state index is 0.161. The van der Waals surface area contributed by atoms with E-state index in [1.807, 2.05) is 51.1 Å². The second kappa shape index (κ2) is 30.0.